The molecule has 3 aromatic rings. The fourth-order valence-corrected chi connectivity index (χ4v) is 3.34. The van der Waals surface area contributed by atoms with Crippen LogP contribution in [0, 0.1) is 0 Å². The van der Waals surface area contributed by atoms with E-state index in [4.69, 9.17) is 9.40 Å². The minimum Gasteiger partial charge on any atom is -0.424 e. The van der Waals surface area contributed by atoms with Crippen LogP contribution in [0.4, 0.5) is 0 Å². The maximum Gasteiger partial charge on any atom is 0.230 e. The molecule has 4 rings (SSSR count). The third-order valence-electron chi connectivity index (χ3n) is 4.64. The predicted molar refractivity (Wildman–Crippen MR) is 91.7 cm³/mol. The Kier molecular flexibility index (Phi) is 4.06. The Morgan fingerprint density at radius 2 is 2.17 bits per heavy atom. The number of fused-ring (bicyclic) bond motifs is 1. The van der Waals surface area contributed by atoms with E-state index in [1.54, 1.807) is 0 Å². The standard InChI is InChI=1S/C18H23N5O/c1-12(2)18-22-21-16(24-18)11-23-9-5-6-13(10-23)17-19-14-7-3-4-8-15(14)20-17/h3-4,7-8,12-13H,5-6,9-11H2,1-2H3,(H,19,20)/t13-/m0/s1. The van der Waals surface area contributed by atoms with E-state index in [0.29, 0.717) is 11.8 Å². The predicted octanol–water partition coefficient (Wildman–Crippen LogP) is 3.45. The molecule has 1 aliphatic rings. The highest BCUT2D eigenvalue weighted by Gasteiger charge is 2.25. The van der Waals surface area contributed by atoms with Gasteiger partial charge in [0.25, 0.3) is 0 Å². The smallest absolute Gasteiger partial charge is 0.230 e. The number of aromatic nitrogens is 4. The third-order valence-corrected chi connectivity index (χ3v) is 4.64. The molecular weight excluding hydrogens is 302 g/mol. The molecule has 1 aliphatic heterocycles. The van der Waals surface area contributed by atoms with Crippen molar-refractivity contribution in [1.29, 1.82) is 0 Å². The summed E-state index contributed by atoms with van der Waals surface area (Å²) in [6.45, 7) is 6.89. The highest BCUT2D eigenvalue weighted by molar-refractivity contribution is 5.74. The van der Waals surface area contributed by atoms with Crippen LogP contribution in [0.15, 0.2) is 28.7 Å². The van der Waals surface area contributed by atoms with E-state index < -0.39 is 0 Å². The van der Waals surface area contributed by atoms with Gasteiger partial charge in [-0.2, -0.15) is 0 Å². The number of imidazole rings is 1. The number of likely N-dealkylation sites (tertiary alicyclic amines) is 1. The van der Waals surface area contributed by atoms with Crippen LogP contribution in [0.5, 0.6) is 0 Å². The lowest BCUT2D eigenvalue weighted by Gasteiger charge is -2.30. The molecule has 2 aromatic heterocycles. The summed E-state index contributed by atoms with van der Waals surface area (Å²) in [5, 5.41) is 8.31. The molecule has 3 heterocycles. The van der Waals surface area contributed by atoms with Gasteiger partial charge < -0.3 is 9.40 Å². The molecule has 1 atom stereocenters. The lowest BCUT2D eigenvalue weighted by molar-refractivity contribution is 0.179. The van der Waals surface area contributed by atoms with Crippen molar-refractivity contribution in [3.63, 3.8) is 0 Å². The molecule has 0 saturated carbocycles. The van der Waals surface area contributed by atoms with Crippen LogP contribution in [0.1, 0.15) is 56.1 Å². The van der Waals surface area contributed by atoms with Gasteiger partial charge in [0.2, 0.25) is 11.8 Å². The Morgan fingerprint density at radius 1 is 1.29 bits per heavy atom. The minimum absolute atomic E-state index is 0.274. The van der Waals surface area contributed by atoms with Crippen LogP contribution in [0.25, 0.3) is 11.0 Å². The van der Waals surface area contributed by atoms with Gasteiger partial charge in [-0.25, -0.2) is 4.98 Å². The molecule has 1 saturated heterocycles. The Bertz CT molecular complexity index is 789. The van der Waals surface area contributed by atoms with Crippen molar-refractivity contribution in [3.05, 3.63) is 41.9 Å². The third kappa shape index (κ3) is 3.06. The number of nitrogens with one attached hydrogen (secondary N) is 1. The van der Waals surface area contributed by atoms with Crippen molar-refractivity contribution in [2.24, 2.45) is 0 Å². The molecular formula is C18H23N5O. The van der Waals surface area contributed by atoms with Gasteiger partial charge in [-0.3, -0.25) is 4.90 Å². The lowest BCUT2D eigenvalue weighted by atomic mass is 9.97. The number of hydrogen-bond donors (Lipinski definition) is 1. The monoisotopic (exact) mass is 325 g/mol. The van der Waals surface area contributed by atoms with E-state index in [0.717, 1.165) is 55.2 Å². The van der Waals surface area contributed by atoms with Crippen LogP contribution in [0.2, 0.25) is 0 Å². The van der Waals surface area contributed by atoms with Gasteiger partial charge in [0.15, 0.2) is 0 Å². The summed E-state index contributed by atoms with van der Waals surface area (Å²) in [6.07, 6.45) is 2.32. The van der Waals surface area contributed by atoms with E-state index in [1.807, 2.05) is 12.1 Å². The second-order valence-corrected chi connectivity index (χ2v) is 6.90. The number of piperidine rings is 1. The molecule has 1 N–H and O–H groups in total. The number of rotatable bonds is 4. The first-order valence-corrected chi connectivity index (χ1v) is 8.68. The second-order valence-electron chi connectivity index (χ2n) is 6.90. The Hall–Kier alpha value is -2.21. The summed E-state index contributed by atoms with van der Waals surface area (Å²) in [5.41, 5.74) is 2.16. The SMILES string of the molecule is CC(C)c1nnc(CN2CCC[C@H](c3nc4ccccc4[nH]3)C2)o1. The van der Waals surface area contributed by atoms with Crippen molar-refractivity contribution in [3.8, 4) is 0 Å². The van der Waals surface area contributed by atoms with E-state index >= 15 is 0 Å². The highest BCUT2D eigenvalue weighted by Crippen LogP contribution is 2.27. The molecule has 1 aromatic carbocycles. The van der Waals surface area contributed by atoms with Gasteiger partial charge in [-0.1, -0.05) is 26.0 Å². The second kappa shape index (κ2) is 6.36. The van der Waals surface area contributed by atoms with E-state index in [9.17, 15) is 0 Å². The molecule has 6 heteroatoms. The van der Waals surface area contributed by atoms with Crippen molar-refractivity contribution in [2.75, 3.05) is 13.1 Å². The molecule has 0 unspecified atom stereocenters. The molecule has 0 aliphatic carbocycles. The largest absolute Gasteiger partial charge is 0.424 e. The number of para-hydroxylation sites is 2. The van der Waals surface area contributed by atoms with Crippen LogP contribution >= 0.6 is 0 Å². The summed E-state index contributed by atoms with van der Waals surface area (Å²) in [6, 6.07) is 8.21. The fourth-order valence-electron chi connectivity index (χ4n) is 3.34. The summed E-state index contributed by atoms with van der Waals surface area (Å²) in [7, 11) is 0. The summed E-state index contributed by atoms with van der Waals surface area (Å²) >= 11 is 0. The highest BCUT2D eigenvalue weighted by atomic mass is 16.4. The summed E-state index contributed by atoms with van der Waals surface area (Å²) in [4.78, 5) is 10.6. The molecule has 1 fully saturated rings. The lowest BCUT2D eigenvalue weighted by Crippen LogP contribution is -2.34. The number of benzene rings is 1. The van der Waals surface area contributed by atoms with Gasteiger partial charge in [0.1, 0.15) is 5.82 Å². The Balaban J connectivity index is 1.46. The summed E-state index contributed by atoms with van der Waals surface area (Å²) < 4.78 is 5.75. The Labute approximate surface area is 141 Å². The molecule has 24 heavy (non-hydrogen) atoms. The average molecular weight is 325 g/mol. The molecule has 0 spiro atoms. The van der Waals surface area contributed by atoms with Gasteiger partial charge in [-0.05, 0) is 31.5 Å². The van der Waals surface area contributed by atoms with E-state index in [2.05, 4.69) is 46.1 Å². The van der Waals surface area contributed by atoms with Crippen molar-refractivity contribution in [2.45, 2.75) is 45.1 Å². The van der Waals surface area contributed by atoms with Crippen LogP contribution in [-0.4, -0.2) is 38.2 Å². The minimum atomic E-state index is 0.274. The zero-order valence-corrected chi connectivity index (χ0v) is 14.2. The Morgan fingerprint density at radius 3 is 2.96 bits per heavy atom. The van der Waals surface area contributed by atoms with Crippen molar-refractivity contribution < 1.29 is 4.42 Å². The number of H-pyrrole nitrogens is 1. The van der Waals surface area contributed by atoms with Gasteiger partial charge >= 0.3 is 0 Å². The fraction of sp³-hybridized carbons (Fsp3) is 0.500. The quantitative estimate of drug-likeness (QED) is 0.795. The first-order chi connectivity index (χ1) is 11.7. The first-order valence-electron chi connectivity index (χ1n) is 8.68. The maximum absolute atomic E-state index is 5.75. The number of hydrogen-bond acceptors (Lipinski definition) is 5. The maximum atomic E-state index is 5.75. The van der Waals surface area contributed by atoms with Crippen LogP contribution in [0.3, 0.4) is 0 Å². The molecule has 126 valence electrons. The van der Waals surface area contributed by atoms with Crippen molar-refractivity contribution in [1.82, 2.24) is 25.1 Å². The number of aromatic amines is 1. The first kappa shape index (κ1) is 15.3. The average Bonchev–Trinajstić information content (AvgIpc) is 3.21. The van der Waals surface area contributed by atoms with E-state index in [-0.39, 0.29) is 5.92 Å². The van der Waals surface area contributed by atoms with Gasteiger partial charge in [-0.15, -0.1) is 10.2 Å². The molecule has 0 radical (unpaired) electrons. The molecule has 0 bridgehead atoms. The van der Waals surface area contributed by atoms with Crippen LogP contribution < -0.4 is 0 Å². The molecule has 0 amide bonds. The van der Waals surface area contributed by atoms with Gasteiger partial charge in [0.05, 0.1) is 17.6 Å². The normalized spacial score (nSPS) is 19.4. The summed E-state index contributed by atoms with van der Waals surface area (Å²) in [5.74, 6) is 3.23. The van der Waals surface area contributed by atoms with Crippen molar-refractivity contribution >= 4 is 11.0 Å². The van der Waals surface area contributed by atoms with Crippen LogP contribution in [-0.2, 0) is 6.54 Å². The topological polar surface area (TPSA) is 70.8 Å². The zero-order valence-electron chi connectivity index (χ0n) is 14.2. The number of nitrogens with zero attached hydrogens (tertiary/aromatic N) is 4. The van der Waals surface area contributed by atoms with E-state index in [1.165, 1.54) is 0 Å². The van der Waals surface area contributed by atoms with Gasteiger partial charge in [0, 0.05) is 18.4 Å². The molecule has 6 nitrogen and oxygen atoms in total. The zero-order chi connectivity index (χ0) is 16.5.